The van der Waals surface area contributed by atoms with Crippen LogP contribution in [0.3, 0.4) is 0 Å². The minimum absolute atomic E-state index is 0.00966. The lowest BCUT2D eigenvalue weighted by atomic mass is 10.3. The molecule has 0 aliphatic rings. The molecule has 1 amide bonds. The first-order valence-electron chi connectivity index (χ1n) is 6.45. The van der Waals surface area contributed by atoms with E-state index in [0.717, 1.165) is 11.3 Å². The molecule has 0 unspecified atom stereocenters. The Hall–Kier alpha value is -2.45. The van der Waals surface area contributed by atoms with Crippen molar-refractivity contribution in [3.05, 3.63) is 56.4 Å². The van der Waals surface area contributed by atoms with E-state index < -0.39 is 16.9 Å². The monoisotopic (exact) mass is 353 g/mol. The van der Waals surface area contributed by atoms with Crippen LogP contribution in [0.4, 0.5) is 5.00 Å². The SMILES string of the molecule is C[C@@H](Oc1cccc(Cl)c1)C(=O)NN=Cc1ccc([N+](=O)[O-])s1. The summed E-state index contributed by atoms with van der Waals surface area (Å²) < 4.78 is 5.44. The lowest BCUT2D eigenvalue weighted by Gasteiger charge is -2.12. The molecule has 0 fully saturated rings. The van der Waals surface area contributed by atoms with Crippen LogP contribution in [-0.4, -0.2) is 23.1 Å². The first kappa shape index (κ1) is 16.9. The van der Waals surface area contributed by atoms with Gasteiger partial charge < -0.3 is 4.74 Å². The molecular weight excluding hydrogens is 342 g/mol. The number of hydrazone groups is 1. The van der Waals surface area contributed by atoms with Crippen molar-refractivity contribution in [1.29, 1.82) is 0 Å². The molecule has 1 atom stereocenters. The van der Waals surface area contributed by atoms with E-state index in [1.54, 1.807) is 37.3 Å². The molecule has 7 nitrogen and oxygen atoms in total. The molecule has 0 spiro atoms. The van der Waals surface area contributed by atoms with Crippen molar-refractivity contribution in [3.63, 3.8) is 0 Å². The van der Waals surface area contributed by atoms with E-state index in [0.29, 0.717) is 15.6 Å². The fourth-order valence-corrected chi connectivity index (χ4v) is 2.43. The number of carbonyl (C=O) groups excluding carboxylic acids is 1. The highest BCUT2D eigenvalue weighted by molar-refractivity contribution is 7.16. The van der Waals surface area contributed by atoms with Gasteiger partial charge in [0.1, 0.15) is 5.75 Å². The highest BCUT2D eigenvalue weighted by atomic mass is 35.5. The van der Waals surface area contributed by atoms with Gasteiger partial charge in [0.2, 0.25) is 0 Å². The van der Waals surface area contributed by atoms with E-state index in [1.807, 2.05) is 0 Å². The second-order valence-corrected chi connectivity index (χ2v) is 5.92. The molecule has 1 N–H and O–H groups in total. The van der Waals surface area contributed by atoms with Crippen LogP contribution < -0.4 is 10.2 Å². The summed E-state index contributed by atoms with van der Waals surface area (Å²) in [5, 5.41) is 14.8. The van der Waals surface area contributed by atoms with Crippen LogP contribution in [0.2, 0.25) is 5.02 Å². The second-order valence-electron chi connectivity index (χ2n) is 4.38. The smallest absolute Gasteiger partial charge is 0.324 e. The molecule has 0 radical (unpaired) electrons. The summed E-state index contributed by atoms with van der Waals surface area (Å²) in [6.45, 7) is 1.57. The summed E-state index contributed by atoms with van der Waals surface area (Å²) in [7, 11) is 0. The Morgan fingerprint density at radius 1 is 1.48 bits per heavy atom. The summed E-state index contributed by atoms with van der Waals surface area (Å²) in [4.78, 5) is 22.5. The third kappa shape index (κ3) is 5.04. The zero-order chi connectivity index (χ0) is 16.8. The van der Waals surface area contributed by atoms with E-state index in [4.69, 9.17) is 16.3 Å². The largest absolute Gasteiger partial charge is 0.481 e. The van der Waals surface area contributed by atoms with Crippen LogP contribution in [0.1, 0.15) is 11.8 Å². The summed E-state index contributed by atoms with van der Waals surface area (Å²) in [6.07, 6.45) is 0.560. The van der Waals surface area contributed by atoms with Crippen LogP contribution >= 0.6 is 22.9 Å². The van der Waals surface area contributed by atoms with Crippen LogP contribution in [-0.2, 0) is 4.79 Å². The third-order valence-electron chi connectivity index (χ3n) is 2.64. The molecular formula is C14H12ClN3O4S. The van der Waals surface area contributed by atoms with Crippen molar-refractivity contribution < 1.29 is 14.5 Å². The van der Waals surface area contributed by atoms with E-state index >= 15 is 0 Å². The Morgan fingerprint density at radius 2 is 2.26 bits per heavy atom. The van der Waals surface area contributed by atoms with Gasteiger partial charge in [-0.1, -0.05) is 29.0 Å². The van der Waals surface area contributed by atoms with Crippen molar-refractivity contribution in [3.8, 4) is 5.75 Å². The number of halogens is 1. The van der Waals surface area contributed by atoms with E-state index in [-0.39, 0.29) is 5.00 Å². The number of amides is 1. The molecule has 0 saturated carbocycles. The van der Waals surface area contributed by atoms with E-state index in [9.17, 15) is 14.9 Å². The second kappa shape index (κ2) is 7.70. The standard InChI is InChI=1S/C14H12ClN3O4S/c1-9(22-11-4-2-3-10(15)7-11)14(19)17-16-8-12-5-6-13(23-12)18(20)21/h2-9H,1H3,(H,17,19)/t9-/m1/s1. The first-order chi connectivity index (χ1) is 11.0. The quantitative estimate of drug-likeness (QED) is 0.490. The number of ether oxygens (including phenoxy) is 1. The summed E-state index contributed by atoms with van der Waals surface area (Å²) in [5.74, 6) is 0.0188. The van der Waals surface area contributed by atoms with Crippen molar-refractivity contribution in [1.82, 2.24) is 5.43 Å². The number of benzene rings is 1. The van der Waals surface area contributed by atoms with Gasteiger partial charge in [-0.3, -0.25) is 14.9 Å². The van der Waals surface area contributed by atoms with Crippen molar-refractivity contribution in [2.75, 3.05) is 0 Å². The number of nitrogens with one attached hydrogen (secondary N) is 1. The predicted molar refractivity (Wildman–Crippen MR) is 88.3 cm³/mol. The molecule has 1 heterocycles. The van der Waals surface area contributed by atoms with Gasteiger partial charge in [-0.25, -0.2) is 5.43 Å². The molecule has 2 rings (SSSR count). The minimum atomic E-state index is -0.775. The van der Waals surface area contributed by atoms with Crippen molar-refractivity contribution in [2.45, 2.75) is 13.0 Å². The molecule has 0 bridgehead atoms. The van der Waals surface area contributed by atoms with Gasteiger partial charge in [-0.05, 0) is 31.2 Å². The normalized spacial score (nSPS) is 12.1. The third-order valence-corrected chi connectivity index (χ3v) is 3.84. The minimum Gasteiger partial charge on any atom is -0.481 e. The number of hydrogen-bond acceptors (Lipinski definition) is 6. The number of rotatable bonds is 6. The molecule has 9 heteroatoms. The highest BCUT2D eigenvalue weighted by Crippen LogP contribution is 2.22. The van der Waals surface area contributed by atoms with Gasteiger partial charge in [-0.15, -0.1) is 0 Å². The highest BCUT2D eigenvalue weighted by Gasteiger charge is 2.14. The van der Waals surface area contributed by atoms with Gasteiger partial charge in [0.05, 0.1) is 16.0 Å². The van der Waals surface area contributed by atoms with Crippen LogP contribution in [0.15, 0.2) is 41.5 Å². The summed E-state index contributed by atoms with van der Waals surface area (Å²) >= 11 is 6.79. The zero-order valence-electron chi connectivity index (χ0n) is 11.9. The van der Waals surface area contributed by atoms with E-state index in [2.05, 4.69) is 10.5 Å². The molecule has 23 heavy (non-hydrogen) atoms. The van der Waals surface area contributed by atoms with Gasteiger partial charge in [0, 0.05) is 11.1 Å². The zero-order valence-corrected chi connectivity index (χ0v) is 13.5. The predicted octanol–water partition coefficient (Wildman–Crippen LogP) is 3.23. The van der Waals surface area contributed by atoms with Crippen LogP contribution in [0.5, 0.6) is 5.75 Å². The van der Waals surface area contributed by atoms with E-state index in [1.165, 1.54) is 12.3 Å². The Morgan fingerprint density at radius 3 is 2.91 bits per heavy atom. The van der Waals surface area contributed by atoms with Crippen molar-refractivity contribution >= 4 is 40.1 Å². The van der Waals surface area contributed by atoms with Gasteiger partial charge in [0.25, 0.3) is 5.91 Å². The first-order valence-corrected chi connectivity index (χ1v) is 7.64. The fourth-order valence-electron chi connectivity index (χ4n) is 1.56. The molecule has 1 aromatic carbocycles. The number of thiophene rings is 1. The van der Waals surface area contributed by atoms with Crippen LogP contribution in [0, 0.1) is 10.1 Å². The number of carbonyl (C=O) groups is 1. The Balaban J connectivity index is 1.88. The van der Waals surface area contributed by atoms with Gasteiger partial charge in [-0.2, -0.15) is 5.10 Å². The lowest BCUT2D eigenvalue weighted by molar-refractivity contribution is -0.380. The number of hydrogen-bond donors (Lipinski definition) is 1. The maximum atomic E-state index is 11.8. The molecule has 1 aromatic heterocycles. The molecule has 2 aromatic rings. The average molecular weight is 354 g/mol. The average Bonchev–Trinajstić information content (AvgIpc) is 2.96. The Kier molecular flexibility index (Phi) is 5.67. The van der Waals surface area contributed by atoms with Crippen LogP contribution in [0.25, 0.3) is 0 Å². The van der Waals surface area contributed by atoms with Gasteiger partial charge in [0.15, 0.2) is 6.10 Å². The summed E-state index contributed by atoms with van der Waals surface area (Å²) in [5.41, 5.74) is 2.31. The van der Waals surface area contributed by atoms with Gasteiger partial charge >= 0.3 is 5.00 Å². The maximum absolute atomic E-state index is 11.8. The Bertz CT molecular complexity index is 747. The topological polar surface area (TPSA) is 93.8 Å². The maximum Gasteiger partial charge on any atom is 0.324 e. The molecule has 0 aliphatic heterocycles. The number of nitrogens with zero attached hydrogens (tertiary/aromatic N) is 2. The molecule has 0 aliphatic carbocycles. The fraction of sp³-hybridized carbons (Fsp3) is 0.143. The summed E-state index contributed by atoms with van der Waals surface area (Å²) in [6, 6.07) is 9.61. The molecule has 120 valence electrons. The molecule has 0 saturated heterocycles. The Labute approximate surface area is 140 Å². The van der Waals surface area contributed by atoms with Crippen molar-refractivity contribution in [2.24, 2.45) is 5.10 Å². The lowest BCUT2D eigenvalue weighted by Crippen LogP contribution is -2.33. The number of nitro groups is 1.